The topological polar surface area (TPSA) is 69.6 Å². The van der Waals surface area contributed by atoms with Gasteiger partial charge in [0, 0.05) is 12.1 Å². The molecule has 0 bridgehead atoms. The number of nitrogens with one attached hydrogen (secondary N) is 1. The monoisotopic (exact) mass is 265 g/mol. The number of rotatable bonds is 6. The Hall–Kier alpha value is -1.39. The van der Waals surface area contributed by atoms with Gasteiger partial charge >= 0.3 is 5.97 Å². The summed E-state index contributed by atoms with van der Waals surface area (Å²) in [6.45, 7) is 7.75. The number of aliphatic hydroxyl groups is 1. The van der Waals surface area contributed by atoms with E-state index in [4.69, 9.17) is 5.11 Å². The molecule has 2 atom stereocenters. The summed E-state index contributed by atoms with van der Waals surface area (Å²) in [6.07, 6.45) is -0.925. The van der Waals surface area contributed by atoms with E-state index in [1.165, 1.54) is 0 Å². The maximum absolute atomic E-state index is 10.9. The highest BCUT2D eigenvalue weighted by molar-refractivity contribution is 5.67. The molecule has 0 aliphatic carbocycles. The minimum Gasteiger partial charge on any atom is -0.481 e. The number of hydrogen-bond donors (Lipinski definition) is 3. The number of benzene rings is 1. The van der Waals surface area contributed by atoms with Crippen LogP contribution in [0.15, 0.2) is 18.2 Å². The molecule has 2 unspecified atom stereocenters. The first kappa shape index (κ1) is 15.7. The second kappa shape index (κ2) is 6.68. The third-order valence-corrected chi connectivity index (χ3v) is 3.08. The third kappa shape index (κ3) is 4.65. The van der Waals surface area contributed by atoms with Crippen molar-refractivity contribution in [2.45, 2.75) is 52.3 Å². The van der Waals surface area contributed by atoms with Gasteiger partial charge in [0.25, 0.3) is 0 Å². The van der Waals surface area contributed by atoms with E-state index in [0.717, 1.165) is 16.7 Å². The first-order chi connectivity index (χ1) is 8.81. The Bertz CT molecular complexity index is 443. The third-order valence-electron chi connectivity index (χ3n) is 3.08. The number of aliphatic carboxylic acids is 1. The molecule has 19 heavy (non-hydrogen) atoms. The molecule has 0 aliphatic heterocycles. The van der Waals surface area contributed by atoms with Gasteiger partial charge in [-0.3, -0.25) is 4.79 Å². The molecule has 106 valence electrons. The fraction of sp³-hybridized carbons (Fsp3) is 0.533. The van der Waals surface area contributed by atoms with Gasteiger partial charge in [-0.25, -0.2) is 0 Å². The lowest BCUT2D eigenvalue weighted by Gasteiger charge is -2.26. The maximum atomic E-state index is 10.9. The predicted octanol–water partition coefficient (Wildman–Crippen LogP) is 2.18. The van der Waals surface area contributed by atoms with Crippen LogP contribution in [0.4, 0.5) is 0 Å². The van der Waals surface area contributed by atoms with Crippen molar-refractivity contribution in [3.8, 4) is 0 Å². The summed E-state index contributed by atoms with van der Waals surface area (Å²) in [5, 5.41) is 22.5. The van der Waals surface area contributed by atoms with E-state index in [1.54, 1.807) is 0 Å². The zero-order chi connectivity index (χ0) is 14.6. The molecule has 0 amide bonds. The molecule has 0 heterocycles. The van der Waals surface area contributed by atoms with E-state index < -0.39 is 18.1 Å². The van der Waals surface area contributed by atoms with Gasteiger partial charge in [-0.05, 0) is 25.0 Å². The largest absolute Gasteiger partial charge is 0.481 e. The standard InChI is InChI=1S/C15H23NO3/c1-9(2)16-13(8-14(17)18)15(19)12-7-10(3)5-6-11(12)4/h5-7,9,13,15-16,19H,8H2,1-4H3,(H,17,18). The van der Waals surface area contributed by atoms with Crippen molar-refractivity contribution in [2.24, 2.45) is 0 Å². The average Bonchev–Trinajstić information content (AvgIpc) is 2.29. The van der Waals surface area contributed by atoms with E-state index >= 15 is 0 Å². The van der Waals surface area contributed by atoms with E-state index in [0.29, 0.717) is 0 Å². The van der Waals surface area contributed by atoms with Crippen LogP contribution in [0.3, 0.4) is 0 Å². The van der Waals surface area contributed by atoms with Crippen LogP contribution in [-0.4, -0.2) is 28.3 Å². The maximum Gasteiger partial charge on any atom is 0.305 e. The fourth-order valence-electron chi connectivity index (χ4n) is 2.17. The first-order valence-corrected chi connectivity index (χ1v) is 6.54. The summed E-state index contributed by atoms with van der Waals surface area (Å²) in [6, 6.07) is 5.47. The van der Waals surface area contributed by atoms with Crippen LogP contribution in [-0.2, 0) is 4.79 Å². The lowest BCUT2D eigenvalue weighted by atomic mass is 9.94. The van der Waals surface area contributed by atoms with Crippen molar-refractivity contribution in [1.82, 2.24) is 5.32 Å². The second-order valence-electron chi connectivity index (χ2n) is 5.33. The van der Waals surface area contributed by atoms with Gasteiger partial charge in [-0.15, -0.1) is 0 Å². The number of hydrogen-bond acceptors (Lipinski definition) is 3. The Morgan fingerprint density at radius 2 is 1.95 bits per heavy atom. The van der Waals surface area contributed by atoms with Gasteiger partial charge in [0.15, 0.2) is 0 Å². The van der Waals surface area contributed by atoms with Gasteiger partial charge in [-0.2, -0.15) is 0 Å². The number of aryl methyl sites for hydroxylation is 2. The van der Waals surface area contributed by atoms with Crippen LogP contribution in [0.2, 0.25) is 0 Å². The Morgan fingerprint density at radius 1 is 1.32 bits per heavy atom. The molecular formula is C15H23NO3. The van der Waals surface area contributed by atoms with Gasteiger partial charge in [0.1, 0.15) is 0 Å². The molecule has 0 fully saturated rings. The lowest BCUT2D eigenvalue weighted by Crippen LogP contribution is -2.41. The van der Waals surface area contributed by atoms with Gasteiger partial charge in [0.2, 0.25) is 0 Å². The van der Waals surface area contributed by atoms with Crippen LogP contribution in [0.1, 0.15) is 43.1 Å². The van der Waals surface area contributed by atoms with E-state index in [1.807, 2.05) is 45.9 Å². The van der Waals surface area contributed by atoms with Gasteiger partial charge in [-0.1, -0.05) is 37.6 Å². The number of carbonyl (C=O) groups is 1. The average molecular weight is 265 g/mol. The second-order valence-corrected chi connectivity index (χ2v) is 5.33. The molecule has 1 aromatic rings. The van der Waals surface area contributed by atoms with E-state index in [9.17, 15) is 9.90 Å². The predicted molar refractivity (Wildman–Crippen MR) is 75.2 cm³/mol. The van der Waals surface area contributed by atoms with Crippen molar-refractivity contribution in [2.75, 3.05) is 0 Å². The van der Waals surface area contributed by atoms with Crippen LogP contribution in [0, 0.1) is 13.8 Å². The summed E-state index contributed by atoms with van der Waals surface area (Å²) in [5.41, 5.74) is 2.82. The van der Waals surface area contributed by atoms with Crippen molar-refractivity contribution < 1.29 is 15.0 Å². The van der Waals surface area contributed by atoms with E-state index in [2.05, 4.69) is 5.32 Å². The zero-order valence-electron chi connectivity index (χ0n) is 12.0. The minimum atomic E-state index is -0.914. The normalized spacial score (nSPS) is 14.4. The van der Waals surface area contributed by atoms with Crippen LogP contribution >= 0.6 is 0 Å². The van der Waals surface area contributed by atoms with Crippen molar-refractivity contribution in [3.05, 3.63) is 34.9 Å². The smallest absolute Gasteiger partial charge is 0.305 e. The van der Waals surface area contributed by atoms with E-state index in [-0.39, 0.29) is 12.5 Å². The summed E-state index contributed by atoms with van der Waals surface area (Å²) < 4.78 is 0. The SMILES string of the molecule is Cc1ccc(C)c(C(O)C(CC(=O)O)NC(C)C)c1. The molecule has 1 rings (SSSR count). The Balaban J connectivity index is 3.00. The summed E-state index contributed by atoms with van der Waals surface area (Å²) >= 11 is 0. The first-order valence-electron chi connectivity index (χ1n) is 6.54. The number of carboxylic acids is 1. The highest BCUT2D eigenvalue weighted by Gasteiger charge is 2.25. The molecule has 4 nitrogen and oxygen atoms in total. The molecular weight excluding hydrogens is 242 g/mol. The van der Waals surface area contributed by atoms with Crippen LogP contribution in [0.25, 0.3) is 0 Å². The summed E-state index contributed by atoms with van der Waals surface area (Å²) in [7, 11) is 0. The Kier molecular flexibility index (Phi) is 5.51. The van der Waals surface area contributed by atoms with Crippen molar-refractivity contribution in [3.63, 3.8) is 0 Å². The van der Waals surface area contributed by atoms with Gasteiger partial charge in [0.05, 0.1) is 12.5 Å². The highest BCUT2D eigenvalue weighted by Crippen LogP contribution is 2.24. The molecule has 0 aliphatic rings. The van der Waals surface area contributed by atoms with Gasteiger partial charge < -0.3 is 15.5 Å². The summed E-state index contributed by atoms with van der Waals surface area (Å²) in [5.74, 6) is -0.914. The highest BCUT2D eigenvalue weighted by atomic mass is 16.4. The number of aliphatic hydroxyl groups excluding tert-OH is 1. The zero-order valence-corrected chi connectivity index (χ0v) is 12.0. The van der Waals surface area contributed by atoms with Crippen LogP contribution < -0.4 is 5.32 Å². The minimum absolute atomic E-state index is 0.104. The Morgan fingerprint density at radius 3 is 2.47 bits per heavy atom. The lowest BCUT2D eigenvalue weighted by molar-refractivity contribution is -0.138. The quantitative estimate of drug-likeness (QED) is 0.737. The molecule has 0 saturated heterocycles. The van der Waals surface area contributed by atoms with Crippen LogP contribution in [0.5, 0.6) is 0 Å². The van der Waals surface area contributed by atoms with Crippen molar-refractivity contribution in [1.29, 1.82) is 0 Å². The molecule has 4 heteroatoms. The van der Waals surface area contributed by atoms with Crippen molar-refractivity contribution >= 4 is 5.97 Å². The Labute approximate surface area is 114 Å². The number of carboxylic acid groups (broad SMARTS) is 1. The fourth-order valence-corrected chi connectivity index (χ4v) is 2.17. The molecule has 3 N–H and O–H groups in total. The molecule has 0 spiro atoms. The molecule has 0 aromatic heterocycles. The molecule has 1 aromatic carbocycles. The molecule has 0 radical (unpaired) electrons. The molecule has 0 saturated carbocycles. The summed E-state index contributed by atoms with van der Waals surface area (Å²) in [4.78, 5) is 10.9.